The predicted octanol–water partition coefficient (Wildman–Crippen LogP) is 2.95. The number of halogens is 1. The van der Waals surface area contributed by atoms with Crippen molar-refractivity contribution in [2.24, 2.45) is 0 Å². The number of nitro groups is 1. The van der Waals surface area contributed by atoms with E-state index in [1.807, 2.05) is 17.7 Å². The molecule has 7 heteroatoms. The average molecular weight is 281 g/mol. The van der Waals surface area contributed by atoms with Gasteiger partial charge in [-0.15, -0.1) is 0 Å². The summed E-state index contributed by atoms with van der Waals surface area (Å²) >= 11 is 5.85. The van der Waals surface area contributed by atoms with Crippen LogP contribution in [0.15, 0.2) is 36.9 Å². The maximum Gasteiger partial charge on any atom is 0.310 e. The number of nitro benzene ring substituents is 1. The maximum absolute atomic E-state index is 11.0. The Morgan fingerprint density at radius 1 is 1.58 bits per heavy atom. The second-order valence-corrected chi connectivity index (χ2v) is 4.61. The largest absolute Gasteiger partial charge is 0.375 e. The van der Waals surface area contributed by atoms with Crippen molar-refractivity contribution in [3.05, 3.63) is 52.1 Å². The summed E-state index contributed by atoms with van der Waals surface area (Å²) in [6.45, 7) is 2.59. The van der Waals surface area contributed by atoms with E-state index < -0.39 is 4.92 Å². The lowest BCUT2D eigenvalue weighted by Crippen LogP contribution is -2.21. The molecular weight excluding hydrogens is 268 g/mol. The van der Waals surface area contributed by atoms with Crippen LogP contribution in [-0.2, 0) is 6.54 Å². The standard InChI is InChI=1S/C12H13ClN4O2/c1-9(7-16-6-5-14-8-16)15-11-4-2-3-10(13)12(11)17(18)19/h2-6,8-9,15H,7H2,1H3. The van der Waals surface area contributed by atoms with Gasteiger partial charge in [0.2, 0.25) is 0 Å². The molecule has 1 atom stereocenters. The lowest BCUT2D eigenvalue weighted by atomic mass is 10.2. The number of para-hydroxylation sites is 1. The molecule has 1 N–H and O–H groups in total. The van der Waals surface area contributed by atoms with Crippen molar-refractivity contribution in [3.63, 3.8) is 0 Å². The number of hydrogen-bond donors (Lipinski definition) is 1. The Hall–Kier alpha value is -2.08. The van der Waals surface area contributed by atoms with E-state index >= 15 is 0 Å². The van der Waals surface area contributed by atoms with Crippen molar-refractivity contribution < 1.29 is 4.92 Å². The van der Waals surface area contributed by atoms with Crippen LogP contribution in [0.1, 0.15) is 6.92 Å². The van der Waals surface area contributed by atoms with Crippen LogP contribution in [0.4, 0.5) is 11.4 Å². The molecule has 2 aromatic rings. The van der Waals surface area contributed by atoms with Gasteiger partial charge in [0.15, 0.2) is 0 Å². The zero-order valence-corrected chi connectivity index (χ0v) is 11.0. The number of anilines is 1. The molecule has 1 heterocycles. The van der Waals surface area contributed by atoms with Crippen LogP contribution in [0.25, 0.3) is 0 Å². The molecule has 0 saturated carbocycles. The molecule has 0 amide bonds. The van der Waals surface area contributed by atoms with E-state index in [0.29, 0.717) is 12.2 Å². The molecule has 0 bridgehead atoms. The number of benzene rings is 1. The fraction of sp³-hybridized carbons (Fsp3) is 0.250. The Morgan fingerprint density at radius 3 is 3.00 bits per heavy atom. The number of nitrogens with zero attached hydrogens (tertiary/aromatic N) is 3. The first-order valence-corrected chi connectivity index (χ1v) is 6.11. The topological polar surface area (TPSA) is 73.0 Å². The van der Waals surface area contributed by atoms with E-state index in [-0.39, 0.29) is 16.8 Å². The molecule has 1 aromatic carbocycles. The Bertz CT molecular complexity index is 571. The molecule has 0 saturated heterocycles. The SMILES string of the molecule is CC(Cn1ccnc1)Nc1cccc(Cl)c1[N+](=O)[O-]. The molecular formula is C12H13ClN4O2. The zero-order valence-electron chi connectivity index (χ0n) is 10.3. The number of hydrogen-bond acceptors (Lipinski definition) is 4. The van der Waals surface area contributed by atoms with Gasteiger partial charge in [-0.1, -0.05) is 17.7 Å². The summed E-state index contributed by atoms with van der Waals surface area (Å²) in [5.41, 5.74) is 0.326. The summed E-state index contributed by atoms with van der Waals surface area (Å²) in [7, 11) is 0. The normalized spacial score (nSPS) is 12.1. The van der Waals surface area contributed by atoms with Gasteiger partial charge in [-0.2, -0.15) is 0 Å². The molecule has 100 valence electrons. The van der Waals surface area contributed by atoms with Crippen molar-refractivity contribution in [2.45, 2.75) is 19.5 Å². The maximum atomic E-state index is 11.0. The summed E-state index contributed by atoms with van der Waals surface area (Å²) in [6.07, 6.45) is 5.23. The first-order chi connectivity index (χ1) is 9.08. The summed E-state index contributed by atoms with van der Waals surface area (Å²) in [5.74, 6) is 0. The number of nitrogens with one attached hydrogen (secondary N) is 1. The highest BCUT2D eigenvalue weighted by Crippen LogP contribution is 2.32. The van der Waals surface area contributed by atoms with E-state index in [1.165, 1.54) is 6.07 Å². The van der Waals surface area contributed by atoms with Crippen LogP contribution in [0.3, 0.4) is 0 Å². The molecule has 0 aliphatic heterocycles. The smallest absolute Gasteiger partial charge is 0.310 e. The Morgan fingerprint density at radius 2 is 2.37 bits per heavy atom. The molecule has 19 heavy (non-hydrogen) atoms. The van der Waals surface area contributed by atoms with Crippen molar-refractivity contribution in [2.75, 3.05) is 5.32 Å². The Kier molecular flexibility index (Phi) is 4.01. The van der Waals surface area contributed by atoms with Crippen LogP contribution in [0.2, 0.25) is 5.02 Å². The number of aromatic nitrogens is 2. The average Bonchev–Trinajstić information content (AvgIpc) is 2.81. The lowest BCUT2D eigenvalue weighted by molar-refractivity contribution is -0.383. The molecule has 0 radical (unpaired) electrons. The van der Waals surface area contributed by atoms with Crippen molar-refractivity contribution in [1.82, 2.24) is 9.55 Å². The van der Waals surface area contributed by atoms with E-state index in [1.54, 1.807) is 24.7 Å². The Balaban J connectivity index is 2.14. The van der Waals surface area contributed by atoms with Gasteiger partial charge in [0.1, 0.15) is 10.7 Å². The van der Waals surface area contributed by atoms with E-state index in [0.717, 1.165) is 0 Å². The summed E-state index contributed by atoms with van der Waals surface area (Å²) < 4.78 is 1.90. The molecule has 1 aromatic heterocycles. The summed E-state index contributed by atoms with van der Waals surface area (Å²) in [5, 5.41) is 14.2. The third-order valence-corrected chi connectivity index (χ3v) is 2.92. The predicted molar refractivity (Wildman–Crippen MR) is 73.4 cm³/mol. The van der Waals surface area contributed by atoms with Gasteiger partial charge in [0.25, 0.3) is 0 Å². The van der Waals surface area contributed by atoms with Crippen molar-refractivity contribution >= 4 is 23.0 Å². The summed E-state index contributed by atoms with van der Waals surface area (Å²) in [6, 6.07) is 4.84. The van der Waals surface area contributed by atoms with Gasteiger partial charge >= 0.3 is 5.69 Å². The van der Waals surface area contributed by atoms with E-state index in [9.17, 15) is 10.1 Å². The third-order valence-electron chi connectivity index (χ3n) is 2.62. The van der Waals surface area contributed by atoms with Gasteiger partial charge in [-0.3, -0.25) is 10.1 Å². The minimum absolute atomic E-state index is 0.00590. The van der Waals surface area contributed by atoms with Gasteiger partial charge in [-0.05, 0) is 19.1 Å². The fourth-order valence-corrected chi connectivity index (χ4v) is 2.08. The highest BCUT2D eigenvalue weighted by molar-refractivity contribution is 6.33. The molecule has 1 unspecified atom stereocenters. The lowest BCUT2D eigenvalue weighted by Gasteiger charge is -2.16. The first kappa shape index (κ1) is 13.4. The van der Waals surface area contributed by atoms with Crippen LogP contribution in [0.5, 0.6) is 0 Å². The van der Waals surface area contributed by atoms with Crippen LogP contribution in [-0.4, -0.2) is 20.5 Å². The Labute approximate surface area is 115 Å². The second-order valence-electron chi connectivity index (χ2n) is 4.20. The number of imidazole rings is 1. The van der Waals surface area contributed by atoms with Crippen molar-refractivity contribution in [1.29, 1.82) is 0 Å². The molecule has 0 aliphatic rings. The van der Waals surface area contributed by atoms with E-state index in [4.69, 9.17) is 11.6 Å². The zero-order chi connectivity index (χ0) is 13.8. The van der Waals surface area contributed by atoms with E-state index in [2.05, 4.69) is 10.3 Å². The minimum Gasteiger partial charge on any atom is -0.375 e. The monoisotopic (exact) mass is 280 g/mol. The summed E-state index contributed by atoms with van der Waals surface area (Å²) in [4.78, 5) is 14.5. The minimum atomic E-state index is -0.478. The van der Waals surface area contributed by atoms with Crippen LogP contribution >= 0.6 is 11.6 Å². The highest BCUT2D eigenvalue weighted by Gasteiger charge is 2.19. The quantitative estimate of drug-likeness (QED) is 0.675. The van der Waals surface area contributed by atoms with Gasteiger partial charge in [-0.25, -0.2) is 4.98 Å². The number of rotatable bonds is 5. The molecule has 6 nitrogen and oxygen atoms in total. The highest BCUT2D eigenvalue weighted by atomic mass is 35.5. The molecule has 0 aliphatic carbocycles. The fourth-order valence-electron chi connectivity index (χ4n) is 1.84. The van der Waals surface area contributed by atoms with Gasteiger partial charge in [0.05, 0.1) is 11.3 Å². The first-order valence-electron chi connectivity index (χ1n) is 5.73. The van der Waals surface area contributed by atoms with Crippen LogP contribution in [0, 0.1) is 10.1 Å². The third kappa shape index (κ3) is 3.23. The van der Waals surface area contributed by atoms with Gasteiger partial charge < -0.3 is 9.88 Å². The van der Waals surface area contributed by atoms with Gasteiger partial charge in [0, 0.05) is 25.0 Å². The van der Waals surface area contributed by atoms with Crippen LogP contribution < -0.4 is 5.32 Å². The second kappa shape index (κ2) is 5.71. The molecule has 0 fully saturated rings. The molecule has 2 rings (SSSR count). The molecule has 0 spiro atoms. The van der Waals surface area contributed by atoms with Crippen molar-refractivity contribution in [3.8, 4) is 0 Å².